The lowest BCUT2D eigenvalue weighted by Crippen LogP contribution is -2.25. The number of rotatable bonds is 10. The number of likely N-dealkylation sites (N-methyl/N-ethyl adjacent to an activating group) is 1. The Morgan fingerprint density at radius 1 is 0.962 bits per heavy atom. The Morgan fingerprint density at radius 3 is 2.00 bits per heavy atom. The minimum Gasteiger partial charge on any atom is -0.493 e. The van der Waals surface area contributed by atoms with E-state index in [1.54, 1.807) is 19.0 Å². The van der Waals surface area contributed by atoms with Crippen molar-refractivity contribution in [3.05, 3.63) is 17.7 Å². The van der Waals surface area contributed by atoms with Gasteiger partial charge in [0.2, 0.25) is 5.75 Å². The van der Waals surface area contributed by atoms with Crippen molar-refractivity contribution in [2.24, 2.45) is 0 Å². The minimum absolute atomic E-state index is 0.0992. The molecule has 1 rings (SSSR count). The Balaban J connectivity index is 2.93. The zero-order valence-electron chi connectivity index (χ0n) is 16.3. The molecule has 0 amide bonds. The van der Waals surface area contributed by atoms with Crippen LogP contribution in [0.1, 0.15) is 16.8 Å². The van der Waals surface area contributed by atoms with Crippen LogP contribution >= 0.6 is 0 Å². The van der Waals surface area contributed by atoms with Gasteiger partial charge in [0.05, 0.1) is 32.9 Å². The molecule has 1 aromatic carbocycles. The molecule has 0 saturated carbocycles. The fourth-order valence-electron chi connectivity index (χ4n) is 2.13. The summed E-state index contributed by atoms with van der Waals surface area (Å²) in [6, 6.07) is 2.93. The molecule has 8 heteroatoms. The van der Waals surface area contributed by atoms with Gasteiger partial charge in [-0.1, -0.05) is 0 Å². The van der Waals surface area contributed by atoms with Gasteiger partial charge >= 0.3 is 11.9 Å². The third kappa shape index (κ3) is 6.89. The molecule has 0 aliphatic heterocycles. The number of methoxy groups -OCH3 is 2. The first-order valence-corrected chi connectivity index (χ1v) is 8.21. The summed E-state index contributed by atoms with van der Waals surface area (Å²) in [4.78, 5) is 27.9. The number of hydrogen-bond acceptors (Lipinski definition) is 8. The van der Waals surface area contributed by atoms with Gasteiger partial charge < -0.3 is 23.8 Å². The van der Waals surface area contributed by atoms with Crippen molar-refractivity contribution < 1.29 is 28.5 Å². The van der Waals surface area contributed by atoms with Gasteiger partial charge in [-0.2, -0.15) is 0 Å². The van der Waals surface area contributed by atoms with Crippen LogP contribution in [0.2, 0.25) is 0 Å². The van der Waals surface area contributed by atoms with Crippen molar-refractivity contribution in [1.82, 2.24) is 9.80 Å². The van der Waals surface area contributed by atoms with Crippen molar-refractivity contribution in [3.63, 3.8) is 0 Å². The number of esters is 2. The first-order chi connectivity index (χ1) is 12.3. The van der Waals surface area contributed by atoms with E-state index < -0.39 is 11.9 Å². The topological polar surface area (TPSA) is 77.5 Å². The number of carbonyl (C=O) groups excluding carboxylic acids is 2. The summed E-state index contributed by atoms with van der Waals surface area (Å²) in [6.07, 6.45) is 0.729. The highest BCUT2D eigenvalue weighted by Gasteiger charge is 2.21. The molecule has 26 heavy (non-hydrogen) atoms. The van der Waals surface area contributed by atoms with Crippen molar-refractivity contribution in [1.29, 1.82) is 0 Å². The Hall–Kier alpha value is -2.32. The molecule has 0 unspecified atom stereocenters. The average Bonchev–Trinajstić information content (AvgIpc) is 2.57. The smallest absolute Gasteiger partial charge is 0.338 e. The molecular weight excluding hydrogens is 340 g/mol. The lowest BCUT2D eigenvalue weighted by molar-refractivity contribution is -0.135. The molecule has 0 N–H and O–H groups in total. The van der Waals surface area contributed by atoms with E-state index in [2.05, 4.69) is 0 Å². The van der Waals surface area contributed by atoms with Gasteiger partial charge in [0.25, 0.3) is 0 Å². The third-order valence-electron chi connectivity index (χ3n) is 3.34. The van der Waals surface area contributed by atoms with E-state index in [9.17, 15) is 9.59 Å². The lowest BCUT2D eigenvalue weighted by Gasteiger charge is -2.16. The molecule has 0 aliphatic carbocycles. The Labute approximate surface area is 154 Å². The van der Waals surface area contributed by atoms with Gasteiger partial charge in [-0.05, 0) is 46.7 Å². The van der Waals surface area contributed by atoms with Crippen LogP contribution in [0.25, 0.3) is 0 Å². The first kappa shape index (κ1) is 21.7. The molecule has 0 aromatic heterocycles. The highest BCUT2D eigenvalue weighted by molar-refractivity contribution is 5.91. The molecule has 0 heterocycles. The molecule has 8 nitrogen and oxygen atoms in total. The SMILES string of the molecule is COc1cc(C(=O)OCCCN(C)C)cc(OC)c1OC(=O)CN(C)C. The fraction of sp³-hybridized carbons (Fsp3) is 0.556. The van der Waals surface area contributed by atoms with E-state index in [1.165, 1.54) is 26.4 Å². The van der Waals surface area contributed by atoms with E-state index in [-0.39, 0.29) is 29.4 Å². The molecule has 146 valence electrons. The van der Waals surface area contributed by atoms with Crippen LogP contribution in [0.5, 0.6) is 17.2 Å². The second kappa shape index (κ2) is 10.6. The fourth-order valence-corrected chi connectivity index (χ4v) is 2.13. The standard InChI is InChI=1S/C18H28N2O6/c1-19(2)8-7-9-25-18(22)13-10-14(23-5)17(15(11-13)24-6)26-16(21)12-20(3)4/h10-11H,7-9,12H2,1-6H3. The first-order valence-electron chi connectivity index (χ1n) is 8.21. The lowest BCUT2D eigenvalue weighted by atomic mass is 10.2. The summed E-state index contributed by atoms with van der Waals surface area (Å²) < 4.78 is 21.1. The molecule has 0 aliphatic rings. The zero-order chi connectivity index (χ0) is 19.7. The summed E-state index contributed by atoms with van der Waals surface area (Å²) in [6.45, 7) is 1.23. The van der Waals surface area contributed by atoms with Crippen LogP contribution in [-0.2, 0) is 9.53 Å². The molecule has 0 bridgehead atoms. The van der Waals surface area contributed by atoms with E-state index in [0.29, 0.717) is 6.61 Å². The Bertz CT molecular complexity index is 591. The van der Waals surface area contributed by atoms with Crippen LogP contribution in [0.15, 0.2) is 12.1 Å². The predicted octanol–water partition coefficient (Wildman–Crippen LogP) is 1.28. The quantitative estimate of drug-likeness (QED) is 0.347. The molecule has 0 fully saturated rings. The maximum Gasteiger partial charge on any atom is 0.338 e. The van der Waals surface area contributed by atoms with Gasteiger partial charge in [0.15, 0.2) is 11.5 Å². The van der Waals surface area contributed by atoms with Crippen LogP contribution in [0.4, 0.5) is 0 Å². The highest BCUT2D eigenvalue weighted by Crippen LogP contribution is 2.38. The van der Waals surface area contributed by atoms with Crippen LogP contribution < -0.4 is 14.2 Å². The minimum atomic E-state index is -0.494. The summed E-state index contributed by atoms with van der Waals surface area (Å²) in [7, 11) is 10.3. The van der Waals surface area contributed by atoms with Crippen molar-refractivity contribution in [2.75, 3.05) is 62.1 Å². The normalized spacial score (nSPS) is 10.8. The van der Waals surface area contributed by atoms with Gasteiger partial charge in [0.1, 0.15) is 0 Å². The Kier molecular flexibility index (Phi) is 8.87. The average molecular weight is 368 g/mol. The summed E-state index contributed by atoms with van der Waals surface area (Å²) in [5, 5.41) is 0. The predicted molar refractivity (Wildman–Crippen MR) is 97.2 cm³/mol. The third-order valence-corrected chi connectivity index (χ3v) is 3.34. The highest BCUT2D eigenvalue weighted by atomic mass is 16.6. The van der Waals surface area contributed by atoms with Crippen molar-refractivity contribution in [3.8, 4) is 17.2 Å². The van der Waals surface area contributed by atoms with Gasteiger partial charge in [-0.25, -0.2) is 4.79 Å². The van der Waals surface area contributed by atoms with E-state index >= 15 is 0 Å². The second-order valence-electron chi connectivity index (χ2n) is 6.21. The largest absolute Gasteiger partial charge is 0.493 e. The maximum atomic E-state index is 12.2. The zero-order valence-corrected chi connectivity index (χ0v) is 16.3. The molecule has 0 spiro atoms. The van der Waals surface area contributed by atoms with Crippen LogP contribution in [-0.4, -0.2) is 83.8 Å². The monoisotopic (exact) mass is 368 g/mol. The molecule has 0 saturated heterocycles. The number of benzene rings is 1. The van der Waals surface area contributed by atoms with Crippen LogP contribution in [0.3, 0.4) is 0 Å². The number of hydrogen-bond donors (Lipinski definition) is 0. The number of ether oxygens (including phenoxy) is 4. The molecule has 0 atom stereocenters. The summed E-state index contributed by atoms with van der Waals surface area (Å²) in [5.41, 5.74) is 0.260. The van der Waals surface area contributed by atoms with Crippen LogP contribution in [0, 0.1) is 0 Å². The second-order valence-corrected chi connectivity index (χ2v) is 6.21. The van der Waals surface area contributed by atoms with E-state index in [4.69, 9.17) is 18.9 Å². The van der Waals surface area contributed by atoms with E-state index in [0.717, 1.165) is 13.0 Å². The molecule has 0 radical (unpaired) electrons. The van der Waals surface area contributed by atoms with Gasteiger partial charge in [0, 0.05) is 6.54 Å². The number of nitrogens with zero attached hydrogens (tertiary/aromatic N) is 2. The van der Waals surface area contributed by atoms with E-state index in [1.807, 2.05) is 19.0 Å². The number of carbonyl (C=O) groups is 2. The molecular formula is C18H28N2O6. The van der Waals surface area contributed by atoms with Gasteiger partial charge in [-0.15, -0.1) is 0 Å². The Morgan fingerprint density at radius 2 is 1.54 bits per heavy atom. The molecule has 1 aromatic rings. The maximum absolute atomic E-state index is 12.2. The van der Waals surface area contributed by atoms with Crippen molar-refractivity contribution >= 4 is 11.9 Å². The van der Waals surface area contributed by atoms with Crippen molar-refractivity contribution in [2.45, 2.75) is 6.42 Å². The summed E-state index contributed by atoms with van der Waals surface area (Å²) >= 11 is 0. The van der Waals surface area contributed by atoms with Gasteiger partial charge in [-0.3, -0.25) is 9.69 Å². The summed E-state index contributed by atoms with van der Waals surface area (Å²) in [5.74, 6) is -0.392.